The van der Waals surface area contributed by atoms with Gasteiger partial charge in [-0.3, -0.25) is 0 Å². The number of ether oxygens (including phenoxy) is 2. The molecule has 0 amide bonds. The summed E-state index contributed by atoms with van der Waals surface area (Å²) in [6.45, 7) is 6.11. The van der Waals surface area contributed by atoms with Crippen LogP contribution in [0.4, 0.5) is 0 Å². The van der Waals surface area contributed by atoms with Gasteiger partial charge in [-0.25, -0.2) is 9.78 Å². The zero-order valence-electron chi connectivity index (χ0n) is 18.8. The van der Waals surface area contributed by atoms with Crippen LogP contribution in [0.25, 0.3) is 10.9 Å². The van der Waals surface area contributed by atoms with Crippen molar-refractivity contribution >= 4 is 28.6 Å². The molecular formula is C26H31NO3S. The monoisotopic (exact) mass is 437 g/mol. The predicted molar refractivity (Wildman–Crippen MR) is 128 cm³/mol. The lowest BCUT2D eigenvalue weighted by atomic mass is 9.80. The summed E-state index contributed by atoms with van der Waals surface area (Å²) in [7, 11) is 1.55. The second-order valence-electron chi connectivity index (χ2n) is 7.22. The molecule has 1 aliphatic rings. The minimum atomic E-state index is -0.402. The van der Waals surface area contributed by atoms with Crippen molar-refractivity contribution in [2.75, 3.05) is 13.7 Å². The Bertz CT molecular complexity index is 1020. The highest BCUT2D eigenvalue weighted by Gasteiger charge is 2.25. The SMILES string of the molecule is CC.CCOC(=O)c1cc2ccc(C3CCC3)c(SCc3ccccc3)c2nc1OC. The largest absolute Gasteiger partial charge is 0.480 e. The maximum absolute atomic E-state index is 12.3. The van der Waals surface area contributed by atoms with E-state index in [0.717, 1.165) is 16.7 Å². The summed E-state index contributed by atoms with van der Waals surface area (Å²) < 4.78 is 10.6. The van der Waals surface area contributed by atoms with Crippen LogP contribution >= 0.6 is 11.8 Å². The van der Waals surface area contributed by atoms with Gasteiger partial charge in [-0.2, -0.15) is 0 Å². The summed E-state index contributed by atoms with van der Waals surface area (Å²) in [5, 5.41) is 0.937. The standard InChI is InChI=1S/C24H25NO3S.C2H6/c1-3-28-24(26)20-14-18-12-13-19(17-10-7-11-17)22(21(18)25-23(20)27-2)29-15-16-8-5-4-6-9-16;1-2/h4-6,8-9,12-14,17H,3,7,10-11,15H2,1-2H3;1-2H3. The Balaban J connectivity index is 0.00000132. The van der Waals surface area contributed by atoms with Gasteiger partial charge in [-0.15, -0.1) is 11.8 Å². The lowest BCUT2D eigenvalue weighted by Crippen LogP contribution is -2.11. The summed E-state index contributed by atoms with van der Waals surface area (Å²) in [5.41, 5.74) is 3.92. The van der Waals surface area contributed by atoms with Crippen LogP contribution in [0.5, 0.6) is 5.88 Å². The van der Waals surface area contributed by atoms with Gasteiger partial charge in [-0.1, -0.05) is 62.7 Å². The van der Waals surface area contributed by atoms with Crippen molar-refractivity contribution in [3.63, 3.8) is 0 Å². The number of thioether (sulfide) groups is 1. The second-order valence-corrected chi connectivity index (χ2v) is 8.21. The number of esters is 1. The molecule has 1 fully saturated rings. The molecule has 4 nitrogen and oxygen atoms in total. The molecular weight excluding hydrogens is 406 g/mol. The second kappa shape index (κ2) is 11.2. The van der Waals surface area contributed by atoms with Crippen LogP contribution < -0.4 is 4.74 Å². The van der Waals surface area contributed by atoms with E-state index in [9.17, 15) is 4.79 Å². The molecule has 1 aromatic heterocycles. The van der Waals surface area contributed by atoms with E-state index in [0.29, 0.717) is 24.0 Å². The summed E-state index contributed by atoms with van der Waals surface area (Å²) >= 11 is 1.82. The maximum atomic E-state index is 12.3. The van der Waals surface area contributed by atoms with Crippen molar-refractivity contribution in [3.05, 3.63) is 65.2 Å². The highest BCUT2D eigenvalue weighted by atomic mass is 32.2. The molecule has 4 rings (SSSR count). The zero-order valence-corrected chi connectivity index (χ0v) is 19.6. The van der Waals surface area contributed by atoms with Crippen molar-refractivity contribution in [1.29, 1.82) is 0 Å². The Labute approximate surface area is 189 Å². The molecule has 1 heterocycles. The van der Waals surface area contributed by atoms with Gasteiger partial charge in [-0.05, 0) is 42.9 Å². The summed E-state index contributed by atoms with van der Waals surface area (Å²) in [4.78, 5) is 18.3. The molecule has 0 aliphatic heterocycles. The number of aromatic nitrogens is 1. The average Bonchev–Trinajstić information content (AvgIpc) is 2.78. The third-order valence-corrected chi connectivity index (χ3v) is 6.59. The fourth-order valence-electron chi connectivity index (χ4n) is 3.65. The number of rotatable bonds is 7. The van der Waals surface area contributed by atoms with Gasteiger partial charge in [0.2, 0.25) is 5.88 Å². The highest BCUT2D eigenvalue weighted by molar-refractivity contribution is 7.98. The normalized spacial score (nSPS) is 13.2. The van der Waals surface area contributed by atoms with Crippen LogP contribution in [-0.2, 0) is 10.5 Å². The summed E-state index contributed by atoms with van der Waals surface area (Å²) in [6.07, 6.45) is 3.73. The fourth-order valence-corrected chi connectivity index (χ4v) is 4.85. The first kappa shape index (κ1) is 23.1. The number of carbonyl (C=O) groups excluding carboxylic acids is 1. The molecule has 0 bridgehead atoms. The van der Waals surface area contributed by atoms with Gasteiger partial charge < -0.3 is 9.47 Å². The van der Waals surface area contributed by atoms with Gasteiger partial charge >= 0.3 is 5.97 Å². The molecule has 0 unspecified atom stereocenters. The van der Waals surface area contributed by atoms with Crippen LogP contribution in [0.15, 0.2) is 53.4 Å². The Morgan fingerprint density at radius 1 is 1.13 bits per heavy atom. The van der Waals surface area contributed by atoms with Gasteiger partial charge in [0.15, 0.2) is 0 Å². The van der Waals surface area contributed by atoms with Crippen molar-refractivity contribution in [2.45, 2.75) is 56.6 Å². The van der Waals surface area contributed by atoms with Crippen LogP contribution in [0.3, 0.4) is 0 Å². The summed E-state index contributed by atoms with van der Waals surface area (Å²) in [5.74, 6) is 1.39. The lowest BCUT2D eigenvalue weighted by molar-refractivity contribution is 0.0522. The number of carbonyl (C=O) groups is 1. The molecule has 2 aromatic carbocycles. The first-order valence-electron chi connectivity index (χ1n) is 11.1. The van der Waals surface area contributed by atoms with Crippen molar-refractivity contribution < 1.29 is 14.3 Å². The van der Waals surface area contributed by atoms with Crippen LogP contribution in [0.2, 0.25) is 0 Å². The van der Waals surface area contributed by atoms with E-state index in [2.05, 4.69) is 36.4 Å². The number of hydrogen-bond acceptors (Lipinski definition) is 5. The quantitative estimate of drug-likeness (QED) is 0.294. The van der Waals surface area contributed by atoms with E-state index in [1.807, 2.05) is 37.7 Å². The minimum Gasteiger partial charge on any atom is -0.480 e. The first-order chi connectivity index (χ1) is 15.2. The minimum absolute atomic E-state index is 0.318. The third-order valence-electron chi connectivity index (χ3n) is 5.40. The van der Waals surface area contributed by atoms with Gasteiger partial charge in [0.05, 0.1) is 19.2 Å². The van der Waals surface area contributed by atoms with Gasteiger partial charge in [0.25, 0.3) is 0 Å². The Hall–Kier alpha value is -2.53. The lowest BCUT2D eigenvalue weighted by Gasteiger charge is -2.28. The van der Waals surface area contributed by atoms with E-state index in [1.54, 1.807) is 14.0 Å². The number of methoxy groups -OCH3 is 1. The topological polar surface area (TPSA) is 48.4 Å². The van der Waals surface area contributed by atoms with E-state index in [4.69, 9.17) is 14.5 Å². The fraction of sp³-hybridized carbons (Fsp3) is 0.385. The van der Waals surface area contributed by atoms with E-state index in [-0.39, 0.29) is 0 Å². The molecule has 1 aliphatic carbocycles. The Kier molecular flexibility index (Phi) is 8.35. The maximum Gasteiger partial charge on any atom is 0.343 e. The van der Waals surface area contributed by atoms with Crippen LogP contribution in [-0.4, -0.2) is 24.7 Å². The predicted octanol–water partition coefficient (Wildman–Crippen LogP) is 7.01. The Morgan fingerprint density at radius 3 is 2.48 bits per heavy atom. The molecule has 0 saturated heterocycles. The molecule has 1 saturated carbocycles. The molecule has 5 heteroatoms. The molecule has 0 atom stereocenters. The van der Waals surface area contributed by atoms with Crippen molar-refractivity contribution in [3.8, 4) is 5.88 Å². The summed E-state index contributed by atoms with van der Waals surface area (Å²) in [6, 6.07) is 16.6. The number of fused-ring (bicyclic) bond motifs is 1. The van der Waals surface area contributed by atoms with E-state index in [1.165, 1.54) is 35.3 Å². The molecule has 0 radical (unpaired) electrons. The van der Waals surface area contributed by atoms with Crippen LogP contribution in [0, 0.1) is 0 Å². The van der Waals surface area contributed by atoms with Crippen LogP contribution in [0.1, 0.15) is 67.4 Å². The Morgan fingerprint density at radius 2 is 1.87 bits per heavy atom. The molecule has 31 heavy (non-hydrogen) atoms. The number of nitrogens with zero attached hydrogens (tertiary/aromatic N) is 1. The molecule has 0 spiro atoms. The van der Waals surface area contributed by atoms with E-state index >= 15 is 0 Å². The van der Waals surface area contributed by atoms with Crippen molar-refractivity contribution in [2.24, 2.45) is 0 Å². The number of pyridine rings is 1. The number of benzene rings is 2. The smallest absolute Gasteiger partial charge is 0.343 e. The third kappa shape index (κ3) is 5.21. The first-order valence-corrected chi connectivity index (χ1v) is 12.0. The highest BCUT2D eigenvalue weighted by Crippen LogP contribution is 2.44. The molecule has 3 aromatic rings. The van der Waals surface area contributed by atoms with Gasteiger partial charge in [0, 0.05) is 16.0 Å². The van der Waals surface area contributed by atoms with E-state index < -0.39 is 5.97 Å². The molecule has 164 valence electrons. The molecule has 0 N–H and O–H groups in total. The van der Waals surface area contributed by atoms with Gasteiger partial charge in [0.1, 0.15) is 5.56 Å². The van der Waals surface area contributed by atoms with Crippen molar-refractivity contribution in [1.82, 2.24) is 4.98 Å². The number of hydrogen-bond donors (Lipinski definition) is 0. The zero-order chi connectivity index (χ0) is 22.2. The average molecular weight is 438 g/mol.